The Morgan fingerprint density at radius 1 is 1.43 bits per heavy atom. The summed E-state index contributed by atoms with van der Waals surface area (Å²) in [5.41, 5.74) is -0.0444. The first-order valence-corrected chi connectivity index (χ1v) is 6.60. The molecule has 0 aliphatic carbocycles. The van der Waals surface area contributed by atoms with E-state index in [-0.39, 0.29) is 5.60 Å². The number of alkyl halides is 1. The van der Waals surface area contributed by atoms with Crippen molar-refractivity contribution in [2.45, 2.75) is 24.9 Å². The molecule has 2 heterocycles. The van der Waals surface area contributed by atoms with Crippen molar-refractivity contribution in [1.82, 2.24) is 0 Å². The van der Waals surface area contributed by atoms with E-state index in [4.69, 9.17) is 9.15 Å². The van der Waals surface area contributed by atoms with Gasteiger partial charge in [0, 0.05) is 18.4 Å². The number of halogens is 2. The normalized spacial score (nSPS) is 27.0. The first-order chi connectivity index (χ1) is 6.74. The Balaban J connectivity index is 2.08. The molecule has 0 saturated carbocycles. The summed E-state index contributed by atoms with van der Waals surface area (Å²) in [7, 11) is 0. The van der Waals surface area contributed by atoms with Gasteiger partial charge < -0.3 is 9.15 Å². The van der Waals surface area contributed by atoms with Gasteiger partial charge in [-0.05, 0) is 40.9 Å². The van der Waals surface area contributed by atoms with Gasteiger partial charge in [-0.3, -0.25) is 0 Å². The maximum absolute atomic E-state index is 5.78. The molecule has 1 aliphatic rings. The average molecular weight is 324 g/mol. The first kappa shape index (κ1) is 10.7. The Bertz CT molecular complexity index is 303. The van der Waals surface area contributed by atoms with Gasteiger partial charge in [-0.1, -0.05) is 15.9 Å². The Labute approximate surface area is 100 Å². The van der Waals surface area contributed by atoms with E-state index >= 15 is 0 Å². The molecule has 1 unspecified atom stereocenters. The number of hydrogen-bond acceptors (Lipinski definition) is 2. The van der Waals surface area contributed by atoms with Crippen LogP contribution in [0.1, 0.15) is 18.6 Å². The largest absolute Gasteiger partial charge is 0.454 e. The molecule has 0 spiro atoms. The molecule has 1 aromatic rings. The predicted molar refractivity (Wildman–Crippen MR) is 61.8 cm³/mol. The van der Waals surface area contributed by atoms with Crippen molar-refractivity contribution in [2.75, 3.05) is 11.9 Å². The molecule has 78 valence electrons. The molecule has 0 aromatic carbocycles. The molecule has 2 nitrogen and oxygen atoms in total. The van der Waals surface area contributed by atoms with Crippen molar-refractivity contribution < 1.29 is 9.15 Å². The summed E-state index contributed by atoms with van der Waals surface area (Å²) < 4.78 is 12.1. The van der Waals surface area contributed by atoms with Gasteiger partial charge in [0.1, 0.15) is 5.76 Å². The maximum Gasteiger partial charge on any atom is 0.169 e. The van der Waals surface area contributed by atoms with Crippen LogP contribution in [-0.4, -0.2) is 17.5 Å². The number of hydrogen-bond donors (Lipinski definition) is 0. The minimum atomic E-state index is -0.0444. The van der Waals surface area contributed by atoms with Crippen LogP contribution in [0.25, 0.3) is 0 Å². The van der Waals surface area contributed by atoms with Crippen molar-refractivity contribution in [2.24, 2.45) is 0 Å². The monoisotopic (exact) mass is 322 g/mol. The van der Waals surface area contributed by atoms with E-state index in [2.05, 4.69) is 31.9 Å². The van der Waals surface area contributed by atoms with Crippen LogP contribution in [0.4, 0.5) is 0 Å². The summed E-state index contributed by atoms with van der Waals surface area (Å²) in [5, 5.41) is 0.873. The smallest absolute Gasteiger partial charge is 0.169 e. The van der Waals surface area contributed by atoms with E-state index in [1.165, 1.54) is 0 Å². The lowest BCUT2D eigenvalue weighted by atomic mass is 9.97. The summed E-state index contributed by atoms with van der Waals surface area (Å²) >= 11 is 6.82. The zero-order chi connectivity index (χ0) is 10.0. The van der Waals surface area contributed by atoms with Gasteiger partial charge in [-0.2, -0.15) is 0 Å². The third kappa shape index (κ3) is 2.23. The second-order valence-electron chi connectivity index (χ2n) is 3.65. The van der Waals surface area contributed by atoms with Crippen LogP contribution in [0, 0.1) is 0 Å². The lowest BCUT2D eigenvalue weighted by Crippen LogP contribution is -2.32. The van der Waals surface area contributed by atoms with E-state index in [9.17, 15) is 0 Å². The summed E-state index contributed by atoms with van der Waals surface area (Å²) in [6.07, 6.45) is 3.11. The van der Waals surface area contributed by atoms with E-state index in [0.717, 1.165) is 41.6 Å². The van der Waals surface area contributed by atoms with Crippen LogP contribution in [0.3, 0.4) is 0 Å². The lowest BCUT2D eigenvalue weighted by Gasteiger charge is -2.24. The highest BCUT2D eigenvalue weighted by atomic mass is 79.9. The molecule has 0 amide bonds. The molecule has 1 atom stereocenters. The highest BCUT2D eigenvalue weighted by Gasteiger charge is 2.35. The van der Waals surface area contributed by atoms with Crippen molar-refractivity contribution in [3.8, 4) is 0 Å². The summed E-state index contributed by atoms with van der Waals surface area (Å²) in [6, 6.07) is 3.92. The van der Waals surface area contributed by atoms with Crippen LogP contribution < -0.4 is 0 Å². The van der Waals surface area contributed by atoms with Crippen LogP contribution in [-0.2, 0) is 11.2 Å². The molecule has 0 N–H and O–H groups in total. The Hall–Kier alpha value is 0.200. The van der Waals surface area contributed by atoms with Gasteiger partial charge in [0.05, 0.1) is 5.60 Å². The maximum atomic E-state index is 5.78. The average Bonchev–Trinajstić information content (AvgIpc) is 2.77. The molecule has 0 radical (unpaired) electrons. The molecular weight excluding hydrogens is 312 g/mol. The Morgan fingerprint density at radius 3 is 2.79 bits per heavy atom. The fraction of sp³-hybridized carbons (Fsp3) is 0.600. The zero-order valence-corrected chi connectivity index (χ0v) is 10.9. The minimum Gasteiger partial charge on any atom is -0.454 e. The van der Waals surface area contributed by atoms with E-state index < -0.39 is 0 Å². The molecule has 1 fully saturated rings. The molecule has 1 saturated heterocycles. The van der Waals surface area contributed by atoms with Gasteiger partial charge in [0.15, 0.2) is 4.67 Å². The van der Waals surface area contributed by atoms with Crippen molar-refractivity contribution >= 4 is 31.9 Å². The first-order valence-electron chi connectivity index (χ1n) is 4.68. The van der Waals surface area contributed by atoms with E-state index in [1.54, 1.807) is 0 Å². The minimum absolute atomic E-state index is 0.0444. The van der Waals surface area contributed by atoms with E-state index in [0.29, 0.717) is 0 Å². The summed E-state index contributed by atoms with van der Waals surface area (Å²) in [5.74, 6) is 0.984. The van der Waals surface area contributed by atoms with Gasteiger partial charge >= 0.3 is 0 Å². The predicted octanol–water partition coefficient (Wildman–Crippen LogP) is 3.53. The van der Waals surface area contributed by atoms with Gasteiger partial charge in [0.2, 0.25) is 0 Å². The SMILES string of the molecule is BrCC1(Cc2ccc(Br)o2)CCCO1. The topological polar surface area (TPSA) is 22.4 Å². The molecule has 4 heteroatoms. The summed E-state index contributed by atoms with van der Waals surface area (Å²) in [4.78, 5) is 0. The number of ether oxygens (including phenoxy) is 1. The molecular formula is C10H12Br2O2. The third-order valence-electron chi connectivity index (χ3n) is 2.55. The van der Waals surface area contributed by atoms with Crippen LogP contribution >= 0.6 is 31.9 Å². The standard InChI is InChI=1S/C10H12Br2O2/c11-7-10(4-1-5-13-10)6-8-2-3-9(12)14-8/h2-3H,1,4-7H2. The van der Waals surface area contributed by atoms with Gasteiger partial charge in [-0.25, -0.2) is 0 Å². The molecule has 14 heavy (non-hydrogen) atoms. The highest BCUT2D eigenvalue weighted by molar-refractivity contribution is 9.10. The summed E-state index contributed by atoms with van der Waals surface area (Å²) in [6.45, 7) is 0.869. The quantitative estimate of drug-likeness (QED) is 0.794. The van der Waals surface area contributed by atoms with E-state index in [1.807, 2.05) is 12.1 Å². The van der Waals surface area contributed by atoms with Crippen LogP contribution in [0.15, 0.2) is 21.2 Å². The second-order valence-corrected chi connectivity index (χ2v) is 4.99. The highest BCUT2D eigenvalue weighted by Crippen LogP contribution is 2.32. The fourth-order valence-electron chi connectivity index (χ4n) is 1.81. The fourth-order valence-corrected chi connectivity index (χ4v) is 2.79. The van der Waals surface area contributed by atoms with Crippen molar-refractivity contribution in [1.29, 1.82) is 0 Å². The molecule has 1 aliphatic heterocycles. The van der Waals surface area contributed by atoms with Crippen molar-refractivity contribution in [3.63, 3.8) is 0 Å². The second kappa shape index (κ2) is 4.37. The third-order valence-corrected chi connectivity index (χ3v) is 4.00. The molecule has 0 bridgehead atoms. The molecule has 1 aromatic heterocycles. The van der Waals surface area contributed by atoms with Crippen molar-refractivity contribution in [3.05, 3.63) is 22.6 Å². The zero-order valence-electron chi connectivity index (χ0n) is 7.76. The van der Waals surface area contributed by atoms with Crippen LogP contribution in [0.5, 0.6) is 0 Å². The Morgan fingerprint density at radius 2 is 2.29 bits per heavy atom. The Kier molecular flexibility index (Phi) is 3.34. The van der Waals surface area contributed by atoms with Gasteiger partial charge in [-0.15, -0.1) is 0 Å². The number of furan rings is 1. The number of rotatable bonds is 3. The van der Waals surface area contributed by atoms with Gasteiger partial charge in [0.25, 0.3) is 0 Å². The molecule has 2 rings (SSSR count). The lowest BCUT2D eigenvalue weighted by molar-refractivity contribution is 0.0219. The van der Waals surface area contributed by atoms with Crippen LogP contribution in [0.2, 0.25) is 0 Å².